The van der Waals surface area contributed by atoms with E-state index in [0.29, 0.717) is 30.3 Å². The second-order valence-corrected chi connectivity index (χ2v) is 16.8. The number of phosphoric ester groups is 1. The average Bonchev–Trinajstić information content (AvgIpc) is 3.09. The lowest BCUT2D eigenvalue weighted by Crippen LogP contribution is -2.46. The Labute approximate surface area is 320 Å². The highest BCUT2D eigenvalue weighted by atomic mass is 31.2. The minimum absolute atomic E-state index is 0.0625. The number of allylic oxidation sites excluding steroid dienone is 8. The number of carbonyl (C=O) groups excluding carboxylic acids is 1. The summed E-state index contributed by atoms with van der Waals surface area (Å²) in [6, 6.07) is -0.787. The molecule has 0 spiro atoms. The molecule has 9 heteroatoms. The number of nitrogens with zero attached hydrogens (tertiary/aromatic N) is 1. The standard InChI is InChI=1S/C43H81N2O6P/c1-6-8-10-12-14-16-17-18-19-20-21-22-23-24-25-26-27-29-31-33-35-37-43(47)44-41(40-51-52(48,49)50-39-38-45(3,4)5)42(46)36-34-32-30-28-15-13-11-9-7-2/h19-20,22-23,25-26,29,31,41-42,46H,6-18,21,24,27-28,30,32-40H2,1-5H3,(H-,44,47,48,49)/p+1/b20-19+,23-22+,26-25+,31-29+/t41-,42+/m0/s1. The van der Waals surface area contributed by atoms with Gasteiger partial charge in [-0.25, -0.2) is 4.57 Å². The number of aliphatic hydroxyl groups is 1. The van der Waals surface area contributed by atoms with E-state index in [2.05, 4.69) is 67.8 Å². The van der Waals surface area contributed by atoms with E-state index in [-0.39, 0.29) is 19.1 Å². The number of rotatable bonds is 37. The Kier molecular flexibility index (Phi) is 34.1. The number of quaternary nitrogens is 1. The van der Waals surface area contributed by atoms with E-state index in [9.17, 15) is 19.4 Å². The zero-order valence-corrected chi connectivity index (χ0v) is 35.2. The Morgan fingerprint density at radius 2 is 1.10 bits per heavy atom. The van der Waals surface area contributed by atoms with Crippen LogP contribution in [0.1, 0.15) is 168 Å². The van der Waals surface area contributed by atoms with E-state index < -0.39 is 20.0 Å². The molecule has 0 aromatic rings. The predicted octanol–water partition coefficient (Wildman–Crippen LogP) is 11.3. The molecule has 0 saturated carbocycles. The number of amides is 1. The lowest BCUT2D eigenvalue weighted by atomic mass is 10.0. The molecule has 52 heavy (non-hydrogen) atoms. The highest BCUT2D eigenvalue weighted by Gasteiger charge is 2.28. The van der Waals surface area contributed by atoms with Crippen molar-refractivity contribution >= 4 is 13.7 Å². The van der Waals surface area contributed by atoms with Crippen molar-refractivity contribution in [1.29, 1.82) is 0 Å². The van der Waals surface area contributed by atoms with Gasteiger partial charge in [0.15, 0.2) is 0 Å². The zero-order chi connectivity index (χ0) is 38.6. The second kappa shape index (κ2) is 35.2. The van der Waals surface area contributed by atoms with E-state index in [4.69, 9.17) is 9.05 Å². The number of likely N-dealkylation sites (N-methyl/N-ethyl adjacent to an activating group) is 1. The molecule has 0 aromatic carbocycles. The van der Waals surface area contributed by atoms with Gasteiger partial charge in [-0.05, 0) is 51.4 Å². The van der Waals surface area contributed by atoms with Gasteiger partial charge in [0.25, 0.3) is 0 Å². The zero-order valence-electron chi connectivity index (χ0n) is 34.3. The number of unbranched alkanes of at least 4 members (excludes halogenated alkanes) is 16. The lowest BCUT2D eigenvalue weighted by molar-refractivity contribution is -0.870. The first-order chi connectivity index (χ1) is 25.0. The van der Waals surface area contributed by atoms with Gasteiger partial charge in [0.1, 0.15) is 13.2 Å². The minimum atomic E-state index is -4.32. The first-order valence-electron chi connectivity index (χ1n) is 21.0. The van der Waals surface area contributed by atoms with Gasteiger partial charge in [-0.1, -0.05) is 159 Å². The van der Waals surface area contributed by atoms with Crippen LogP contribution in [0.5, 0.6) is 0 Å². The molecule has 0 aliphatic rings. The predicted molar refractivity (Wildman–Crippen MR) is 221 cm³/mol. The monoisotopic (exact) mass is 754 g/mol. The topological polar surface area (TPSA) is 105 Å². The minimum Gasteiger partial charge on any atom is -0.391 e. The number of carbonyl (C=O) groups is 1. The maximum atomic E-state index is 12.8. The Balaban J connectivity index is 4.43. The fraction of sp³-hybridized carbons (Fsp3) is 0.791. The molecule has 0 rings (SSSR count). The molecule has 1 unspecified atom stereocenters. The number of aliphatic hydroxyl groups excluding tert-OH is 1. The molecule has 1 amide bonds. The highest BCUT2D eigenvalue weighted by molar-refractivity contribution is 7.47. The van der Waals surface area contributed by atoms with Crippen molar-refractivity contribution in [3.05, 3.63) is 48.6 Å². The molecule has 3 N–H and O–H groups in total. The molecule has 304 valence electrons. The summed E-state index contributed by atoms with van der Waals surface area (Å²) < 4.78 is 23.5. The van der Waals surface area contributed by atoms with Crippen molar-refractivity contribution in [1.82, 2.24) is 5.32 Å². The van der Waals surface area contributed by atoms with Gasteiger partial charge in [0.05, 0.1) is 39.9 Å². The Morgan fingerprint density at radius 1 is 0.654 bits per heavy atom. The van der Waals surface area contributed by atoms with Gasteiger partial charge in [0.2, 0.25) is 5.91 Å². The van der Waals surface area contributed by atoms with E-state index in [1.54, 1.807) is 0 Å². The molecule has 0 aliphatic heterocycles. The molecule has 0 bridgehead atoms. The van der Waals surface area contributed by atoms with Crippen LogP contribution >= 0.6 is 7.82 Å². The molecule has 8 nitrogen and oxygen atoms in total. The van der Waals surface area contributed by atoms with Gasteiger partial charge < -0.3 is 19.8 Å². The smallest absolute Gasteiger partial charge is 0.391 e. The van der Waals surface area contributed by atoms with Gasteiger partial charge >= 0.3 is 7.82 Å². The van der Waals surface area contributed by atoms with Crippen molar-refractivity contribution in [2.45, 2.75) is 180 Å². The summed E-state index contributed by atoms with van der Waals surface area (Å²) >= 11 is 0. The van der Waals surface area contributed by atoms with Crippen molar-refractivity contribution in [3.8, 4) is 0 Å². The third-order valence-electron chi connectivity index (χ3n) is 9.08. The molecule has 0 aliphatic carbocycles. The van der Waals surface area contributed by atoms with Gasteiger partial charge in [-0.2, -0.15) is 0 Å². The van der Waals surface area contributed by atoms with Crippen LogP contribution in [0.25, 0.3) is 0 Å². The maximum Gasteiger partial charge on any atom is 0.472 e. The van der Waals surface area contributed by atoms with Crippen LogP contribution in [-0.4, -0.2) is 73.4 Å². The molecular formula is C43H82N2O6P+. The van der Waals surface area contributed by atoms with Gasteiger partial charge in [0, 0.05) is 6.42 Å². The summed E-state index contributed by atoms with van der Waals surface area (Å²) in [6.07, 6.45) is 43.0. The van der Waals surface area contributed by atoms with E-state index in [1.165, 1.54) is 89.9 Å². The van der Waals surface area contributed by atoms with E-state index in [1.807, 2.05) is 21.1 Å². The Bertz CT molecular complexity index is 991. The van der Waals surface area contributed by atoms with Crippen LogP contribution in [0.2, 0.25) is 0 Å². The highest BCUT2D eigenvalue weighted by Crippen LogP contribution is 2.43. The van der Waals surface area contributed by atoms with Gasteiger partial charge in [-0.15, -0.1) is 0 Å². The van der Waals surface area contributed by atoms with Crippen molar-refractivity contribution in [3.63, 3.8) is 0 Å². The van der Waals surface area contributed by atoms with E-state index in [0.717, 1.165) is 44.9 Å². The van der Waals surface area contributed by atoms with Crippen LogP contribution < -0.4 is 5.32 Å². The molecule has 3 atom stereocenters. The molecule has 0 aromatic heterocycles. The number of hydrogen-bond acceptors (Lipinski definition) is 5. The summed E-state index contributed by atoms with van der Waals surface area (Å²) in [5, 5.41) is 13.8. The summed E-state index contributed by atoms with van der Waals surface area (Å²) in [6.45, 7) is 4.79. The summed E-state index contributed by atoms with van der Waals surface area (Å²) in [5.74, 6) is -0.203. The fourth-order valence-corrected chi connectivity index (χ4v) is 6.42. The summed E-state index contributed by atoms with van der Waals surface area (Å²) in [5.41, 5.74) is 0. The third-order valence-corrected chi connectivity index (χ3v) is 10.1. The van der Waals surface area contributed by atoms with Crippen LogP contribution in [0.3, 0.4) is 0 Å². The summed E-state index contributed by atoms with van der Waals surface area (Å²) in [4.78, 5) is 23.0. The fourth-order valence-electron chi connectivity index (χ4n) is 5.68. The number of nitrogens with one attached hydrogen (secondary N) is 1. The van der Waals surface area contributed by atoms with Crippen LogP contribution in [-0.2, 0) is 18.4 Å². The molecule has 0 fully saturated rings. The average molecular weight is 754 g/mol. The normalized spacial score (nSPS) is 15.0. The lowest BCUT2D eigenvalue weighted by Gasteiger charge is -2.26. The first kappa shape index (κ1) is 50.5. The van der Waals surface area contributed by atoms with Crippen molar-refractivity contribution in [2.75, 3.05) is 40.9 Å². The number of phosphoric acid groups is 1. The van der Waals surface area contributed by atoms with E-state index >= 15 is 0 Å². The SMILES string of the molecule is CCCCCCCCC/C=C/C/C=C/C/C=C/C/C=C/CCCC(=O)N[C@@H](COP(=O)(O)OCC[N+](C)(C)C)[C@H](O)CCCCCCCCCCC. The third kappa shape index (κ3) is 36.8. The van der Waals surface area contributed by atoms with Crippen molar-refractivity contribution < 1.29 is 32.9 Å². The largest absolute Gasteiger partial charge is 0.472 e. The Hall–Kier alpha value is -1.54. The quantitative estimate of drug-likeness (QED) is 0.0252. The van der Waals surface area contributed by atoms with Gasteiger partial charge in [-0.3, -0.25) is 13.8 Å². The molecule has 0 radical (unpaired) electrons. The maximum absolute atomic E-state index is 12.8. The second-order valence-electron chi connectivity index (χ2n) is 15.4. The Morgan fingerprint density at radius 3 is 1.60 bits per heavy atom. The molecule has 0 heterocycles. The first-order valence-corrected chi connectivity index (χ1v) is 22.5. The molecule has 0 saturated heterocycles. The van der Waals surface area contributed by atoms with Crippen LogP contribution in [0, 0.1) is 0 Å². The van der Waals surface area contributed by atoms with Crippen LogP contribution in [0.4, 0.5) is 0 Å². The number of hydrogen-bond donors (Lipinski definition) is 3. The van der Waals surface area contributed by atoms with Crippen LogP contribution in [0.15, 0.2) is 48.6 Å². The van der Waals surface area contributed by atoms with Crippen molar-refractivity contribution in [2.24, 2.45) is 0 Å². The summed E-state index contributed by atoms with van der Waals surface area (Å²) in [7, 11) is 1.57. The molecular weight excluding hydrogens is 671 g/mol.